The Morgan fingerprint density at radius 3 is 2.24 bits per heavy atom. The minimum atomic E-state index is -0.351. The lowest BCUT2D eigenvalue weighted by Gasteiger charge is -2.12. The van der Waals surface area contributed by atoms with Gasteiger partial charge in [-0.2, -0.15) is 0 Å². The number of thioether (sulfide) groups is 1. The normalized spacial score (nSPS) is 14.9. The van der Waals surface area contributed by atoms with Gasteiger partial charge in [-0.1, -0.05) is 70.7 Å². The third-order valence-corrected chi connectivity index (χ3v) is 6.95. The Kier molecular flexibility index (Phi) is 7.57. The fourth-order valence-electron chi connectivity index (χ4n) is 3.07. The van der Waals surface area contributed by atoms with Gasteiger partial charge in [0.25, 0.3) is 11.1 Å². The summed E-state index contributed by atoms with van der Waals surface area (Å²) >= 11 is 25.1. The van der Waals surface area contributed by atoms with E-state index < -0.39 is 0 Å². The van der Waals surface area contributed by atoms with Crippen molar-refractivity contribution in [1.29, 1.82) is 0 Å². The van der Waals surface area contributed by atoms with Crippen LogP contribution in [-0.2, 0) is 17.9 Å². The second-order valence-corrected chi connectivity index (χ2v) is 9.77. The van der Waals surface area contributed by atoms with E-state index in [0.29, 0.717) is 36.3 Å². The van der Waals surface area contributed by atoms with Crippen LogP contribution in [0.3, 0.4) is 0 Å². The predicted octanol–water partition coefficient (Wildman–Crippen LogP) is 8.12. The standard InChI is InChI=1S/C24H15Cl4NO3S/c25-17-5-1-14(2-6-17)12-29-23(30)22(33-24(29)31)11-15-4-8-21(20(28)9-15)32-13-16-3-7-18(26)19(27)10-16/h1-11H,12-13H2/b22-11-. The zero-order valence-corrected chi connectivity index (χ0v) is 20.7. The maximum Gasteiger partial charge on any atom is 0.293 e. The van der Waals surface area contributed by atoms with Crippen LogP contribution < -0.4 is 4.74 Å². The van der Waals surface area contributed by atoms with Crippen LogP contribution in [0.1, 0.15) is 16.7 Å². The molecule has 2 amide bonds. The van der Waals surface area contributed by atoms with E-state index in [1.807, 2.05) is 6.07 Å². The van der Waals surface area contributed by atoms with Crippen molar-refractivity contribution in [2.45, 2.75) is 13.2 Å². The molecule has 0 unspecified atom stereocenters. The maximum absolute atomic E-state index is 12.8. The van der Waals surface area contributed by atoms with Crippen molar-refractivity contribution >= 4 is 75.4 Å². The lowest BCUT2D eigenvalue weighted by atomic mass is 10.2. The average Bonchev–Trinajstić information content (AvgIpc) is 3.04. The van der Waals surface area contributed by atoms with Gasteiger partial charge in [-0.15, -0.1) is 0 Å². The summed E-state index contributed by atoms with van der Waals surface area (Å²) in [6, 6.07) is 17.4. The first-order chi connectivity index (χ1) is 15.8. The molecule has 9 heteroatoms. The molecule has 168 valence electrons. The number of ether oxygens (including phenoxy) is 1. The van der Waals surface area contributed by atoms with Crippen molar-refractivity contribution in [3.05, 3.63) is 102 Å². The van der Waals surface area contributed by atoms with Gasteiger partial charge in [0.15, 0.2) is 0 Å². The van der Waals surface area contributed by atoms with E-state index in [9.17, 15) is 9.59 Å². The summed E-state index contributed by atoms with van der Waals surface area (Å²) in [6.45, 7) is 0.445. The van der Waals surface area contributed by atoms with Crippen LogP contribution >= 0.6 is 58.2 Å². The highest BCUT2D eigenvalue weighted by atomic mass is 35.5. The number of carbonyl (C=O) groups is 2. The Morgan fingerprint density at radius 1 is 0.818 bits per heavy atom. The third-order valence-electron chi connectivity index (χ3n) is 4.76. The molecule has 33 heavy (non-hydrogen) atoms. The second-order valence-electron chi connectivity index (χ2n) is 7.12. The van der Waals surface area contributed by atoms with E-state index in [2.05, 4.69) is 0 Å². The topological polar surface area (TPSA) is 46.6 Å². The van der Waals surface area contributed by atoms with Crippen LogP contribution in [0.15, 0.2) is 65.6 Å². The Hall–Kier alpha value is -2.15. The molecule has 3 aromatic rings. The zero-order chi connectivity index (χ0) is 23.5. The number of hydrogen-bond donors (Lipinski definition) is 0. The third kappa shape index (κ3) is 5.86. The number of benzene rings is 3. The van der Waals surface area contributed by atoms with Crippen molar-refractivity contribution < 1.29 is 14.3 Å². The second kappa shape index (κ2) is 10.4. The van der Waals surface area contributed by atoms with Gasteiger partial charge in [-0.25, -0.2) is 0 Å². The lowest BCUT2D eigenvalue weighted by molar-refractivity contribution is -0.123. The van der Waals surface area contributed by atoms with E-state index in [1.165, 1.54) is 4.90 Å². The first-order valence-electron chi connectivity index (χ1n) is 9.66. The summed E-state index contributed by atoms with van der Waals surface area (Å²) in [5.74, 6) is 0.131. The van der Waals surface area contributed by atoms with Gasteiger partial charge in [0, 0.05) is 5.02 Å². The fourth-order valence-corrected chi connectivity index (χ4v) is 4.60. The molecule has 0 atom stereocenters. The van der Waals surface area contributed by atoms with Crippen molar-refractivity contribution in [3.8, 4) is 5.75 Å². The number of carbonyl (C=O) groups excluding carboxylic acids is 2. The van der Waals surface area contributed by atoms with Gasteiger partial charge in [-0.05, 0) is 70.9 Å². The molecule has 0 aliphatic carbocycles. The number of nitrogens with zero attached hydrogens (tertiary/aromatic N) is 1. The van der Waals surface area contributed by atoms with Crippen molar-refractivity contribution in [2.24, 2.45) is 0 Å². The number of rotatable bonds is 6. The van der Waals surface area contributed by atoms with Crippen LogP contribution in [-0.4, -0.2) is 16.0 Å². The maximum atomic E-state index is 12.8. The number of hydrogen-bond acceptors (Lipinski definition) is 4. The molecule has 1 fully saturated rings. The van der Waals surface area contributed by atoms with Gasteiger partial charge in [0.1, 0.15) is 12.4 Å². The summed E-state index contributed by atoms with van der Waals surface area (Å²) < 4.78 is 5.77. The summed E-state index contributed by atoms with van der Waals surface area (Å²) in [5, 5.41) is 1.57. The first-order valence-corrected chi connectivity index (χ1v) is 12.0. The van der Waals surface area contributed by atoms with E-state index in [1.54, 1.807) is 60.7 Å². The van der Waals surface area contributed by atoms with Crippen LogP contribution in [0.2, 0.25) is 20.1 Å². The molecule has 1 aliphatic rings. The Morgan fingerprint density at radius 2 is 1.55 bits per heavy atom. The van der Waals surface area contributed by atoms with Gasteiger partial charge >= 0.3 is 0 Å². The zero-order valence-electron chi connectivity index (χ0n) is 16.9. The number of halogens is 4. The number of imide groups is 1. The van der Waals surface area contributed by atoms with Gasteiger partial charge in [0.2, 0.25) is 0 Å². The van der Waals surface area contributed by atoms with Crippen molar-refractivity contribution in [1.82, 2.24) is 4.90 Å². The molecule has 0 saturated carbocycles. The molecule has 4 nitrogen and oxygen atoms in total. The average molecular weight is 539 g/mol. The molecule has 0 N–H and O–H groups in total. The minimum Gasteiger partial charge on any atom is -0.487 e. The molecule has 1 aliphatic heterocycles. The minimum absolute atomic E-state index is 0.182. The van der Waals surface area contributed by atoms with E-state index in [0.717, 1.165) is 22.9 Å². The largest absolute Gasteiger partial charge is 0.487 e. The lowest BCUT2D eigenvalue weighted by Crippen LogP contribution is -2.27. The van der Waals surface area contributed by atoms with E-state index >= 15 is 0 Å². The molecule has 0 aromatic heterocycles. The first kappa shape index (κ1) is 24.0. The molecule has 0 radical (unpaired) electrons. The van der Waals surface area contributed by atoms with E-state index in [-0.39, 0.29) is 24.3 Å². The highest BCUT2D eigenvalue weighted by Crippen LogP contribution is 2.35. The van der Waals surface area contributed by atoms with Crippen molar-refractivity contribution in [3.63, 3.8) is 0 Å². The fraction of sp³-hybridized carbons (Fsp3) is 0.0833. The van der Waals surface area contributed by atoms with Gasteiger partial charge in [-0.3, -0.25) is 14.5 Å². The Labute approximate surface area is 215 Å². The molecular formula is C24H15Cl4NO3S. The summed E-state index contributed by atoms with van der Waals surface area (Å²) in [7, 11) is 0. The Bertz CT molecular complexity index is 1260. The van der Waals surface area contributed by atoms with Crippen LogP contribution in [0.5, 0.6) is 5.75 Å². The quantitative estimate of drug-likeness (QED) is 0.297. The predicted molar refractivity (Wildman–Crippen MR) is 135 cm³/mol. The SMILES string of the molecule is O=C1S/C(=C\c2ccc(OCc3ccc(Cl)c(Cl)c3)c(Cl)c2)C(=O)N1Cc1ccc(Cl)cc1. The molecule has 0 bridgehead atoms. The van der Waals surface area contributed by atoms with Crippen LogP contribution in [0.4, 0.5) is 4.79 Å². The highest BCUT2D eigenvalue weighted by Gasteiger charge is 2.35. The molecular weight excluding hydrogens is 524 g/mol. The smallest absolute Gasteiger partial charge is 0.293 e. The van der Waals surface area contributed by atoms with E-state index in [4.69, 9.17) is 51.1 Å². The van der Waals surface area contributed by atoms with Crippen LogP contribution in [0.25, 0.3) is 6.08 Å². The number of amides is 2. The highest BCUT2D eigenvalue weighted by molar-refractivity contribution is 8.18. The van der Waals surface area contributed by atoms with Gasteiger partial charge in [0.05, 0.1) is 26.5 Å². The summed E-state index contributed by atoms with van der Waals surface area (Å²) in [4.78, 5) is 26.7. The summed E-state index contributed by atoms with van der Waals surface area (Å²) in [6.07, 6.45) is 1.64. The molecule has 1 heterocycles. The summed E-state index contributed by atoms with van der Waals surface area (Å²) in [5.41, 5.74) is 2.34. The monoisotopic (exact) mass is 537 g/mol. The molecule has 4 rings (SSSR count). The molecule has 3 aromatic carbocycles. The van der Waals surface area contributed by atoms with Gasteiger partial charge < -0.3 is 4.74 Å². The van der Waals surface area contributed by atoms with Crippen LogP contribution in [0, 0.1) is 0 Å². The molecule has 0 spiro atoms. The molecule has 1 saturated heterocycles. The van der Waals surface area contributed by atoms with Crippen molar-refractivity contribution in [2.75, 3.05) is 0 Å². The Balaban J connectivity index is 1.44.